The summed E-state index contributed by atoms with van der Waals surface area (Å²) in [5, 5.41) is 19.4. The van der Waals surface area contributed by atoms with E-state index in [9.17, 15) is 5.11 Å². The Morgan fingerprint density at radius 1 is 1.35 bits per heavy atom. The molecule has 1 aromatic carbocycles. The Morgan fingerprint density at radius 3 is 2.82 bits per heavy atom. The lowest BCUT2D eigenvalue weighted by molar-refractivity contribution is 0.477. The molecule has 0 bridgehead atoms. The van der Waals surface area contributed by atoms with Crippen LogP contribution in [0.4, 0.5) is 11.5 Å². The van der Waals surface area contributed by atoms with Crippen molar-refractivity contribution in [3.05, 3.63) is 34.2 Å². The van der Waals surface area contributed by atoms with Crippen LogP contribution in [-0.4, -0.2) is 20.3 Å². The van der Waals surface area contributed by atoms with Crippen molar-refractivity contribution in [3.8, 4) is 5.75 Å². The summed E-state index contributed by atoms with van der Waals surface area (Å²) in [5.41, 5.74) is 2.24. The number of rotatable bonds is 2. The highest BCUT2D eigenvalue weighted by Crippen LogP contribution is 2.27. The third kappa shape index (κ3) is 2.59. The lowest BCUT2D eigenvalue weighted by Gasteiger charge is -2.09. The summed E-state index contributed by atoms with van der Waals surface area (Å²) in [6.07, 6.45) is 0. The van der Waals surface area contributed by atoms with E-state index in [-0.39, 0.29) is 5.75 Å². The number of aromatic nitrogens is 3. The topological polar surface area (TPSA) is 73.8 Å². The second-order valence-corrected chi connectivity index (χ2v) is 4.11. The van der Waals surface area contributed by atoms with Crippen LogP contribution in [0.15, 0.2) is 18.2 Å². The third-order valence-electron chi connectivity index (χ3n) is 2.28. The molecule has 17 heavy (non-hydrogen) atoms. The van der Waals surface area contributed by atoms with Gasteiger partial charge in [-0.3, -0.25) is 5.10 Å². The fourth-order valence-corrected chi connectivity index (χ4v) is 1.52. The molecule has 0 saturated heterocycles. The van der Waals surface area contributed by atoms with Gasteiger partial charge < -0.3 is 10.4 Å². The van der Waals surface area contributed by atoms with Gasteiger partial charge in [0.05, 0.1) is 5.69 Å². The number of nitrogens with one attached hydrogen (secondary N) is 2. The molecule has 0 aliphatic heterocycles. The van der Waals surface area contributed by atoms with Crippen LogP contribution in [0.5, 0.6) is 5.75 Å². The minimum absolute atomic E-state index is 0.171. The molecule has 0 amide bonds. The van der Waals surface area contributed by atoms with E-state index in [0.29, 0.717) is 22.0 Å². The van der Waals surface area contributed by atoms with Gasteiger partial charge in [0.2, 0.25) is 4.77 Å². The third-order valence-corrected chi connectivity index (χ3v) is 2.46. The van der Waals surface area contributed by atoms with Gasteiger partial charge in [0, 0.05) is 0 Å². The number of aryl methyl sites for hydroxylation is 2. The zero-order valence-electron chi connectivity index (χ0n) is 9.48. The molecule has 0 aliphatic rings. The highest BCUT2D eigenvalue weighted by molar-refractivity contribution is 7.71. The Morgan fingerprint density at radius 2 is 2.12 bits per heavy atom. The Labute approximate surface area is 104 Å². The van der Waals surface area contributed by atoms with Gasteiger partial charge in [-0.05, 0) is 43.8 Å². The zero-order chi connectivity index (χ0) is 12.4. The number of anilines is 2. The van der Waals surface area contributed by atoms with Crippen LogP contribution in [0, 0.1) is 18.6 Å². The summed E-state index contributed by atoms with van der Waals surface area (Å²) in [6, 6.07) is 5.36. The van der Waals surface area contributed by atoms with Crippen molar-refractivity contribution >= 4 is 23.7 Å². The van der Waals surface area contributed by atoms with E-state index in [0.717, 1.165) is 5.56 Å². The normalized spacial score (nSPS) is 10.2. The van der Waals surface area contributed by atoms with Gasteiger partial charge in [-0.1, -0.05) is 6.07 Å². The van der Waals surface area contributed by atoms with Crippen molar-refractivity contribution in [2.45, 2.75) is 13.8 Å². The van der Waals surface area contributed by atoms with Gasteiger partial charge in [0.1, 0.15) is 11.4 Å². The largest absolute Gasteiger partial charge is 0.506 e. The molecule has 1 heterocycles. The highest BCUT2D eigenvalue weighted by Gasteiger charge is 2.05. The maximum absolute atomic E-state index is 9.77. The summed E-state index contributed by atoms with van der Waals surface area (Å²) >= 11 is 4.90. The number of nitrogens with zero attached hydrogens (tertiary/aromatic N) is 2. The lowest BCUT2D eigenvalue weighted by atomic mass is 10.2. The first kappa shape index (κ1) is 11.5. The van der Waals surface area contributed by atoms with Gasteiger partial charge >= 0.3 is 0 Å². The SMILES string of the molecule is Cc1ccc(Nc2nc(=S)[nH]nc2C)c(O)c1. The fraction of sp³-hybridized carbons (Fsp3) is 0.182. The van der Waals surface area contributed by atoms with E-state index in [1.807, 2.05) is 13.0 Å². The first-order valence-electron chi connectivity index (χ1n) is 5.06. The van der Waals surface area contributed by atoms with Crippen LogP contribution in [0.1, 0.15) is 11.3 Å². The molecule has 6 heteroatoms. The van der Waals surface area contributed by atoms with Gasteiger partial charge in [-0.25, -0.2) is 0 Å². The zero-order valence-corrected chi connectivity index (χ0v) is 10.3. The standard InChI is InChI=1S/C11H12N4OS/c1-6-3-4-8(9(16)5-6)12-10-7(2)14-15-11(17)13-10/h3-5,16H,1-2H3,(H2,12,13,15,17). The summed E-state index contributed by atoms with van der Waals surface area (Å²) in [6.45, 7) is 3.71. The predicted octanol–water partition coefficient (Wildman–Crippen LogP) is 2.60. The number of hydrogen-bond acceptors (Lipinski definition) is 5. The van der Waals surface area contributed by atoms with E-state index >= 15 is 0 Å². The van der Waals surface area contributed by atoms with Gasteiger partial charge in [0.15, 0.2) is 5.82 Å². The summed E-state index contributed by atoms with van der Waals surface area (Å²) in [5.74, 6) is 0.706. The van der Waals surface area contributed by atoms with Gasteiger partial charge in [-0.2, -0.15) is 10.1 Å². The van der Waals surface area contributed by atoms with Crippen molar-refractivity contribution in [2.24, 2.45) is 0 Å². The van der Waals surface area contributed by atoms with Gasteiger partial charge in [0.25, 0.3) is 0 Å². The number of aromatic hydroxyl groups is 1. The van der Waals surface area contributed by atoms with Crippen LogP contribution < -0.4 is 5.32 Å². The minimum atomic E-state index is 0.171. The first-order valence-corrected chi connectivity index (χ1v) is 5.47. The van der Waals surface area contributed by atoms with Crippen molar-refractivity contribution < 1.29 is 5.11 Å². The average molecular weight is 248 g/mol. The molecule has 0 unspecified atom stereocenters. The molecular weight excluding hydrogens is 236 g/mol. The molecule has 2 aromatic rings. The lowest BCUT2D eigenvalue weighted by Crippen LogP contribution is -2.01. The molecule has 88 valence electrons. The first-order chi connectivity index (χ1) is 8.06. The maximum Gasteiger partial charge on any atom is 0.215 e. The minimum Gasteiger partial charge on any atom is -0.506 e. The molecule has 0 spiro atoms. The summed E-state index contributed by atoms with van der Waals surface area (Å²) in [7, 11) is 0. The Bertz CT molecular complexity index is 609. The molecule has 0 saturated carbocycles. The van der Waals surface area contributed by atoms with Gasteiger partial charge in [-0.15, -0.1) is 0 Å². The smallest absolute Gasteiger partial charge is 0.215 e. The number of phenolic OH excluding ortho intramolecular Hbond substituents is 1. The number of benzene rings is 1. The molecule has 0 radical (unpaired) electrons. The second-order valence-electron chi connectivity index (χ2n) is 3.72. The monoisotopic (exact) mass is 248 g/mol. The van der Waals surface area contributed by atoms with E-state index in [1.54, 1.807) is 19.1 Å². The van der Waals surface area contributed by atoms with Crippen LogP contribution >= 0.6 is 12.2 Å². The highest BCUT2D eigenvalue weighted by atomic mass is 32.1. The summed E-state index contributed by atoms with van der Waals surface area (Å²) in [4.78, 5) is 4.11. The van der Waals surface area contributed by atoms with Crippen molar-refractivity contribution in [3.63, 3.8) is 0 Å². The Hall–Kier alpha value is -1.95. The number of H-pyrrole nitrogens is 1. The van der Waals surface area contributed by atoms with E-state index in [2.05, 4.69) is 20.5 Å². The molecule has 2 rings (SSSR count). The summed E-state index contributed by atoms with van der Waals surface area (Å²) < 4.78 is 0.296. The number of hydrogen-bond donors (Lipinski definition) is 3. The Kier molecular flexibility index (Phi) is 3.06. The molecule has 0 fully saturated rings. The molecule has 0 aliphatic carbocycles. The quantitative estimate of drug-likeness (QED) is 0.562. The predicted molar refractivity (Wildman–Crippen MR) is 68.1 cm³/mol. The van der Waals surface area contributed by atoms with Crippen molar-refractivity contribution in [2.75, 3.05) is 5.32 Å². The van der Waals surface area contributed by atoms with Crippen LogP contribution in [0.3, 0.4) is 0 Å². The van der Waals surface area contributed by atoms with Crippen molar-refractivity contribution in [1.29, 1.82) is 0 Å². The number of phenols is 1. The van der Waals surface area contributed by atoms with E-state index < -0.39 is 0 Å². The van der Waals surface area contributed by atoms with Crippen LogP contribution in [-0.2, 0) is 0 Å². The molecule has 1 aromatic heterocycles. The molecule has 5 nitrogen and oxygen atoms in total. The van der Waals surface area contributed by atoms with Crippen molar-refractivity contribution in [1.82, 2.24) is 15.2 Å². The fourth-order valence-electron chi connectivity index (χ4n) is 1.39. The maximum atomic E-state index is 9.77. The molecule has 3 N–H and O–H groups in total. The van der Waals surface area contributed by atoms with Crippen LogP contribution in [0.2, 0.25) is 0 Å². The van der Waals surface area contributed by atoms with E-state index in [1.165, 1.54) is 0 Å². The van der Waals surface area contributed by atoms with E-state index in [4.69, 9.17) is 12.2 Å². The second kappa shape index (κ2) is 4.50. The average Bonchev–Trinajstić information content (AvgIpc) is 2.27. The van der Waals surface area contributed by atoms with Crippen LogP contribution in [0.25, 0.3) is 0 Å². The molecule has 0 atom stereocenters. The Balaban J connectivity index is 2.37. The molecular formula is C11H12N4OS. The number of aromatic amines is 1.